The SMILES string of the molecule is Cc1cc(C)nc(-c2ccc3c(-c4ccc5ccccc5c4)c4ccc(-c5cccc(-c6cc(-c7ccccn7)nc(-c7ccc8c(-c9ccc%10ccccc%10c9)c9ccc(-c%10cc(-c%11ccc%12c(-c%13ccc%14ccccc%14c%13)c%13ccccc%13c(-c%13ccc%14ccccc%14c%13)c%12c%11)ncn%10)cc9c(-c9ccc%10ccccc%10c9)c8c7)n6)n5)cc4c(-c4ccc5ccccc5c4)c3c2)n1. The molecule has 8 nitrogen and oxygen atoms in total. The third kappa shape index (κ3) is 13.4. The molecule has 5 heterocycles. The lowest BCUT2D eigenvalue weighted by Gasteiger charge is -2.20. The van der Waals surface area contributed by atoms with Gasteiger partial charge in [0.05, 0.1) is 39.9 Å². The van der Waals surface area contributed by atoms with Crippen LogP contribution in [-0.2, 0) is 0 Å². The highest BCUT2D eigenvalue weighted by Crippen LogP contribution is 2.52. The van der Waals surface area contributed by atoms with Crippen LogP contribution in [-0.4, -0.2) is 39.9 Å². The van der Waals surface area contributed by atoms with Gasteiger partial charge in [0.15, 0.2) is 11.6 Å². The number of pyridine rings is 2. The molecule has 0 fully saturated rings. The Labute approximate surface area is 772 Å². The van der Waals surface area contributed by atoms with E-state index < -0.39 is 0 Å². The third-order valence-electron chi connectivity index (χ3n) is 27.2. The predicted octanol–water partition coefficient (Wildman–Crippen LogP) is 33.0. The van der Waals surface area contributed by atoms with Gasteiger partial charge in [0.1, 0.15) is 6.33 Å². The van der Waals surface area contributed by atoms with Gasteiger partial charge in [-0.05, 0) is 319 Å². The number of hydrogen-bond acceptors (Lipinski definition) is 8. The molecule has 0 atom stereocenters. The first kappa shape index (κ1) is 77.4. The summed E-state index contributed by atoms with van der Waals surface area (Å²) in [5.74, 6) is 1.22. The normalized spacial score (nSPS) is 11.8. The molecule has 134 heavy (non-hydrogen) atoms. The van der Waals surface area contributed by atoms with Gasteiger partial charge in [-0.3, -0.25) is 4.98 Å². The lowest BCUT2D eigenvalue weighted by Crippen LogP contribution is -1.99. The first-order chi connectivity index (χ1) is 66.1. The van der Waals surface area contributed by atoms with E-state index in [9.17, 15) is 0 Å². The van der Waals surface area contributed by atoms with Crippen molar-refractivity contribution < 1.29 is 0 Å². The summed E-state index contributed by atoms with van der Waals surface area (Å²) in [6.07, 6.45) is 3.56. The fraction of sp³-hybridized carbons (Fsp3) is 0.0159. The van der Waals surface area contributed by atoms with E-state index in [0.29, 0.717) is 34.4 Å². The zero-order valence-electron chi connectivity index (χ0n) is 73.1. The summed E-state index contributed by atoms with van der Waals surface area (Å²) in [4.78, 5) is 42.4. The van der Waals surface area contributed by atoms with Crippen molar-refractivity contribution in [2.24, 2.45) is 0 Å². The van der Waals surface area contributed by atoms with E-state index in [2.05, 4.69) is 394 Å². The first-order valence-corrected chi connectivity index (χ1v) is 45.6. The van der Waals surface area contributed by atoms with Gasteiger partial charge >= 0.3 is 0 Å². The molecule has 0 N–H and O–H groups in total. The van der Waals surface area contributed by atoms with Gasteiger partial charge in [-0.25, -0.2) is 34.9 Å². The summed E-state index contributed by atoms with van der Waals surface area (Å²) in [5, 5.41) is 27.4. The second kappa shape index (κ2) is 31.6. The van der Waals surface area contributed by atoms with E-state index in [-0.39, 0.29) is 0 Å². The number of fused-ring (bicyclic) bond motifs is 12. The molecule has 26 rings (SSSR count). The first-order valence-electron chi connectivity index (χ1n) is 45.6. The molecule has 0 unspecified atom stereocenters. The average molecular weight is 1700 g/mol. The molecule has 622 valence electrons. The molecule has 0 aliphatic rings. The highest BCUT2D eigenvalue weighted by Gasteiger charge is 2.27. The quantitative estimate of drug-likeness (QED) is 0.105. The van der Waals surface area contributed by atoms with Crippen LogP contribution < -0.4 is 0 Å². The Bertz CT molecular complexity index is 9430. The molecule has 0 bridgehead atoms. The second-order valence-corrected chi connectivity index (χ2v) is 35.3. The number of aromatic nitrogens is 8. The Kier molecular flexibility index (Phi) is 18.3. The van der Waals surface area contributed by atoms with Crippen LogP contribution in [0, 0.1) is 13.8 Å². The number of hydrogen-bond donors (Lipinski definition) is 0. The van der Waals surface area contributed by atoms with E-state index in [1.807, 2.05) is 50.4 Å². The van der Waals surface area contributed by atoms with Crippen LogP contribution in [0.5, 0.6) is 0 Å². The Morgan fingerprint density at radius 1 is 0.142 bits per heavy atom. The summed E-state index contributed by atoms with van der Waals surface area (Å²) in [6.45, 7) is 4.08. The van der Waals surface area contributed by atoms with E-state index in [1.54, 1.807) is 6.33 Å². The number of benzene rings is 21. The van der Waals surface area contributed by atoms with Crippen molar-refractivity contribution >= 4 is 129 Å². The Balaban J connectivity index is 0.659. The van der Waals surface area contributed by atoms with Crippen molar-refractivity contribution in [3.05, 3.63) is 449 Å². The standard InChI is InChI=1S/C126H78N8/c1-75-60-76(2)131-125(130-75)98-52-57-105-110(70-98)123(96-47-41-81-24-7-13-30-87(81)65-96)108-67-89(49-54-103(108)120(105)93-44-38-78-21-4-10-27-84(78)62-93)112-35-19-36-114(132-112)118-73-117(113-34-17-18-59-127-113)133-126(134-118)99-53-58-106-111(71-99)124(97-48-42-82-25-8-14-31-88(82)66-97)109-69-91(51-56-104(109)121(106)94-45-39-79-22-5-11-28-85(79)63-94)116-72-115(128-74-129-116)90-50-55-102-107(68-90)122(95-46-40-80-23-6-12-29-86(80)64-95)101-33-16-15-32-100(101)119(102)92-43-37-77-20-3-9-26-83(77)61-92/h3-74H,1-2H3. The molecule has 8 heteroatoms. The molecule has 26 aromatic rings. The molecule has 0 spiro atoms. The van der Waals surface area contributed by atoms with Crippen LogP contribution >= 0.6 is 0 Å². The maximum atomic E-state index is 5.70. The van der Waals surface area contributed by atoms with Crippen molar-refractivity contribution in [1.29, 1.82) is 0 Å². The zero-order valence-corrected chi connectivity index (χ0v) is 73.1. The molecule has 0 aliphatic carbocycles. The van der Waals surface area contributed by atoms with Gasteiger partial charge in [0.25, 0.3) is 0 Å². The smallest absolute Gasteiger partial charge is 0.160 e. The monoisotopic (exact) mass is 1700 g/mol. The summed E-state index contributed by atoms with van der Waals surface area (Å²) >= 11 is 0. The van der Waals surface area contributed by atoms with Crippen molar-refractivity contribution in [2.75, 3.05) is 0 Å². The van der Waals surface area contributed by atoms with Gasteiger partial charge in [-0.2, -0.15) is 0 Å². The largest absolute Gasteiger partial charge is 0.255 e. The molecule has 5 aromatic heterocycles. The topological polar surface area (TPSA) is 103 Å². The summed E-state index contributed by atoms with van der Waals surface area (Å²) in [6, 6.07) is 155. The number of aryl methyl sites for hydroxylation is 2. The molecule has 21 aromatic carbocycles. The van der Waals surface area contributed by atoms with Crippen LogP contribution in [0.4, 0.5) is 0 Å². The van der Waals surface area contributed by atoms with Crippen molar-refractivity contribution in [3.63, 3.8) is 0 Å². The van der Waals surface area contributed by atoms with E-state index in [0.717, 1.165) is 182 Å². The van der Waals surface area contributed by atoms with Gasteiger partial charge in [0.2, 0.25) is 0 Å². The van der Waals surface area contributed by atoms with E-state index in [1.165, 1.54) is 70.6 Å². The van der Waals surface area contributed by atoms with Gasteiger partial charge in [-0.15, -0.1) is 0 Å². The third-order valence-corrected chi connectivity index (χ3v) is 27.2. The van der Waals surface area contributed by atoms with Crippen molar-refractivity contribution in [2.45, 2.75) is 13.8 Å². The number of rotatable bonds is 13. The Hall–Kier alpha value is -17.7. The fourth-order valence-electron chi connectivity index (χ4n) is 20.9. The molecular formula is C126H78N8. The van der Waals surface area contributed by atoms with E-state index in [4.69, 9.17) is 39.9 Å². The second-order valence-electron chi connectivity index (χ2n) is 35.3. The number of nitrogens with zero attached hydrogens (tertiary/aromatic N) is 8. The molecule has 0 radical (unpaired) electrons. The van der Waals surface area contributed by atoms with Crippen LogP contribution in [0.25, 0.3) is 275 Å². The Morgan fingerprint density at radius 3 is 0.761 bits per heavy atom. The average Bonchev–Trinajstić information content (AvgIpc) is 0.710. The molecule has 0 saturated heterocycles. The highest BCUT2D eigenvalue weighted by molar-refractivity contribution is 6.27. The van der Waals surface area contributed by atoms with Crippen molar-refractivity contribution in [1.82, 2.24) is 39.9 Å². The molecule has 0 amide bonds. The summed E-state index contributed by atoms with van der Waals surface area (Å²) in [5.41, 5.74) is 25.1. The van der Waals surface area contributed by atoms with Crippen LogP contribution in [0.1, 0.15) is 11.4 Å². The van der Waals surface area contributed by atoms with Crippen LogP contribution in [0.15, 0.2) is 437 Å². The van der Waals surface area contributed by atoms with E-state index >= 15 is 0 Å². The predicted molar refractivity (Wildman–Crippen MR) is 559 cm³/mol. The van der Waals surface area contributed by atoms with Crippen LogP contribution in [0.3, 0.4) is 0 Å². The van der Waals surface area contributed by atoms with Crippen LogP contribution in [0.2, 0.25) is 0 Å². The lowest BCUT2D eigenvalue weighted by atomic mass is 9.83. The lowest BCUT2D eigenvalue weighted by molar-refractivity contribution is 1.06. The molecule has 0 aliphatic heterocycles. The fourth-order valence-corrected chi connectivity index (χ4v) is 20.9. The van der Waals surface area contributed by atoms with Gasteiger partial charge in [-0.1, -0.05) is 315 Å². The zero-order chi connectivity index (χ0) is 88.6. The minimum absolute atomic E-state index is 0.525. The summed E-state index contributed by atoms with van der Waals surface area (Å²) < 4.78 is 0. The Morgan fingerprint density at radius 2 is 0.403 bits per heavy atom. The molecular weight excluding hydrogens is 1630 g/mol. The summed E-state index contributed by atoms with van der Waals surface area (Å²) in [7, 11) is 0. The minimum atomic E-state index is 0.525. The van der Waals surface area contributed by atoms with Crippen molar-refractivity contribution in [3.8, 4) is 146 Å². The van der Waals surface area contributed by atoms with Gasteiger partial charge in [0, 0.05) is 45.4 Å². The maximum Gasteiger partial charge on any atom is 0.160 e. The molecule has 0 saturated carbocycles. The highest BCUT2D eigenvalue weighted by atomic mass is 14.9. The van der Waals surface area contributed by atoms with Gasteiger partial charge < -0.3 is 0 Å². The minimum Gasteiger partial charge on any atom is -0.255 e. The maximum absolute atomic E-state index is 5.70.